The summed E-state index contributed by atoms with van der Waals surface area (Å²) in [7, 11) is 0. The Labute approximate surface area is 209 Å². The van der Waals surface area contributed by atoms with Gasteiger partial charge in [-0.3, -0.25) is 0 Å². The molecular formula is C25H30ClOSY-. The van der Waals surface area contributed by atoms with Crippen LogP contribution in [0.4, 0.5) is 0 Å². The zero-order chi connectivity index (χ0) is 19.3. The van der Waals surface area contributed by atoms with Crippen LogP contribution in [0, 0.1) is 17.2 Å². The summed E-state index contributed by atoms with van der Waals surface area (Å²) < 4.78 is 0. The van der Waals surface area contributed by atoms with Crippen LogP contribution in [0.2, 0.25) is 0 Å². The molecule has 1 N–H and O–H groups in total. The standard InChI is InChI=1S/C25H30ClOS.Y/c26-23-16-15-18(8-4-9-22-10-5-17-28-22)24(23)19-11-13-21(14-12-19)25(27)20-6-2-1-3-7-20;/h5,10-14,18,20,25,27H,1-4,6-9,15-16H2;/q-1;/t18-,25?;/m0./s1. The van der Waals surface area contributed by atoms with E-state index in [1.54, 1.807) is 11.3 Å². The van der Waals surface area contributed by atoms with E-state index in [2.05, 4.69) is 35.7 Å². The van der Waals surface area contributed by atoms with Crippen LogP contribution in [0.1, 0.15) is 79.9 Å². The molecule has 1 fully saturated rings. The predicted octanol–water partition coefficient (Wildman–Crippen LogP) is 7.54. The van der Waals surface area contributed by atoms with Crippen LogP contribution in [0.15, 0.2) is 41.4 Å². The average Bonchev–Trinajstić information content (AvgIpc) is 3.38. The second-order valence-corrected chi connectivity index (χ2v) is 9.85. The van der Waals surface area contributed by atoms with Crippen LogP contribution in [0.25, 0.3) is 5.57 Å². The third-order valence-corrected chi connectivity index (χ3v) is 7.82. The summed E-state index contributed by atoms with van der Waals surface area (Å²) in [4.78, 5) is 1.43. The van der Waals surface area contributed by atoms with Gasteiger partial charge in [0.1, 0.15) is 0 Å². The minimum Gasteiger partial charge on any atom is -0.388 e. The Morgan fingerprint density at radius 2 is 1.83 bits per heavy atom. The molecule has 0 bridgehead atoms. The first-order chi connectivity index (χ1) is 13.7. The number of aryl methyl sites for hydroxylation is 1. The Kier molecular flexibility index (Phi) is 9.45. The van der Waals surface area contributed by atoms with Gasteiger partial charge >= 0.3 is 0 Å². The molecular weight excluding hydrogens is 473 g/mol. The zero-order valence-electron chi connectivity index (χ0n) is 17.1. The largest absolute Gasteiger partial charge is 0.388 e. The summed E-state index contributed by atoms with van der Waals surface area (Å²) in [6.45, 7) is 0. The van der Waals surface area contributed by atoms with Crippen molar-refractivity contribution >= 4 is 28.5 Å². The molecule has 1 nitrogen and oxygen atoms in total. The van der Waals surface area contributed by atoms with Gasteiger partial charge in [0.05, 0.1) is 6.10 Å². The summed E-state index contributed by atoms with van der Waals surface area (Å²) in [6, 6.07) is 12.8. The van der Waals surface area contributed by atoms with Crippen molar-refractivity contribution in [2.24, 2.45) is 11.8 Å². The van der Waals surface area contributed by atoms with Crippen LogP contribution in [-0.2, 0) is 39.1 Å². The molecule has 1 unspecified atom stereocenters. The fourth-order valence-corrected chi connectivity index (χ4v) is 6.03. The normalized spacial score (nSPS) is 21.2. The Balaban J connectivity index is 0.00000240. The summed E-state index contributed by atoms with van der Waals surface area (Å²) in [5.74, 6) is 0.988. The fraction of sp³-hybridized carbons (Fsp3) is 0.520. The third-order valence-electron chi connectivity index (χ3n) is 6.58. The number of rotatable bonds is 7. The maximum absolute atomic E-state index is 10.8. The first-order valence-electron chi connectivity index (χ1n) is 10.8. The first kappa shape index (κ1) is 23.7. The Morgan fingerprint density at radius 1 is 1.07 bits per heavy atom. The second-order valence-electron chi connectivity index (χ2n) is 8.43. The van der Waals surface area contributed by atoms with Crippen molar-refractivity contribution in [3.63, 3.8) is 0 Å². The summed E-state index contributed by atoms with van der Waals surface area (Å²) in [5.41, 5.74) is 3.66. The van der Waals surface area contributed by atoms with Crippen molar-refractivity contribution in [3.8, 4) is 0 Å². The SMILES string of the molecule is OC(c1ccc(C2=C(Cl)CC[C@@H]2CCCc2cc[c-]s2)cc1)C1CCCCC1.[Y]. The Hall–Kier alpha value is 0.0139. The molecule has 1 radical (unpaired) electrons. The molecule has 4 rings (SSSR count). The van der Waals surface area contributed by atoms with E-state index in [1.165, 1.54) is 48.1 Å². The van der Waals surface area contributed by atoms with Gasteiger partial charge < -0.3 is 16.4 Å². The van der Waals surface area contributed by atoms with Crippen molar-refractivity contribution in [1.29, 1.82) is 0 Å². The van der Waals surface area contributed by atoms with Gasteiger partial charge in [-0.2, -0.15) is 6.07 Å². The van der Waals surface area contributed by atoms with Gasteiger partial charge in [-0.1, -0.05) is 68.0 Å². The maximum Gasteiger partial charge on any atom is 0.0818 e. The van der Waals surface area contributed by atoms with E-state index in [-0.39, 0.29) is 38.8 Å². The van der Waals surface area contributed by atoms with Gasteiger partial charge in [0.15, 0.2) is 0 Å². The molecule has 1 aromatic carbocycles. The van der Waals surface area contributed by atoms with E-state index in [4.69, 9.17) is 11.6 Å². The number of benzene rings is 1. The number of halogens is 1. The number of thiophene rings is 1. The molecule has 4 heteroatoms. The van der Waals surface area contributed by atoms with Crippen LogP contribution < -0.4 is 0 Å². The van der Waals surface area contributed by atoms with E-state index >= 15 is 0 Å². The van der Waals surface area contributed by atoms with Gasteiger partial charge in [-0.25, -0.2) is 6.07 Å². The van der Waals surface area contributed by atoms with Crippen molar-refractivity contribution in [1.82, 2.24) is 0 Å². The predicted molar refractivity (Wildman–Crippen MR) is 120 cm³/mol. The molecule has 0 saturated heterocycles. The number of aliphatic hydroxyl groups is 1. The van der Waals surface area contributed by atoms with E-state index in [9.17, 15) is 5.11 Å². The third kappa shape index (κ3) is 6.04. The molecule has 2 aromatic rings. The summed E-state index contributed by atoms with van der Waals surface area (Å²) >= 11 is 8.37. The van der Waals surface area contributed by atoms with Gasteiger partial charge in [0, 0.05) is 37.7 Å². The van der Waals surface area contributed by atoms with E-state index in [0.29, 0.717) is 11.8 Å². The van der Waals surface area contributed by atoms with Crippen molar-refractivity contribution in [2.45, 2.75) is 70.3 Å². The number of hydrogen-bond acceptors (Lipinski definition) is 2. The van der Waals surface area contributed by atoms with E-state index in [0.717, 1.165) is 42.7 Å². The second kappa shape index (κ2) is 11.6. The Morgan fingerprint density at radius 3 is 2.52 bits per heavy atom. The van der Waals surface area contributed by atoms with Gasteiger partial charge in [-0.15, -0.1) is 10.3 Å². The molecule has 2 aliphatic rings. The number of allylic oxidation sites excluding steroid dienone is 2. The molecule has 2 aliphatic carbocycles. The molecule has 153 valence electrons. The van der Waals surface area contributed by atoms with Crippen molar-refractivity contribution < 1.29 is 37.8 Å². The monoisotopic (exact) mass is 502 g/mol. The van der Waals surface area contributed by atoms with Gasteiger partial charge in [0.2, 0.25) is 0 Å². The Bertz CT molecular complexity index is 778. The topological polar surface area (TPSA) is 20.2 Å². The summed E-state index contributed by atoms with van der Waals surface area (Å²) in [6.07, 6.45) is 11.5. The maximum atomic E-state index is 10.8. The molecule has 29 heavy (non-hydrogen) atoms. The summed E-state index contributed by atoms with van der Waals surface area (Å²) in [5, 5.41) is 15.0. The smallest absolute Gasteiger partial charge is 0.0818 e. The minimum absolute atomic E-state index is 0. The molecule has 1 aromatic heterocycles. The van der Waals surface area contributed by atoms with E-state index < -0.39 is 0 Å². The van der Waals surface area contributed by atoms with Crippen molar-refractivity contribution in [3.05, 3.63) is 62.8 Å². The van der Waals surface area contributed by atoms with Crippen LogP contribution >= 0.6 is 22.9 Å². The van der Waals surface area contributed by atoms with Crippen LogP contribution in [0.5, 0.6) is 0 Å². The van der Waals surface area contributed by atoms with Crippen LogP contribution in [-0.4, -0.2) is 5.11 Å². The van der Waals surface area contributed by atoms with Gasteiger partial charge in [-0.05, 0) is 60.6 Å². The zero-order valence-corrected chi connectivity index (χ0v) is 21.5. The first-order valence-corrected chi connectivity index (χ1v) is 12.0. The van der Waals surface area contributed by atoms with Gasteiger partial charge in [0.25, 0.3) is 0 Å². The van der Waals surface area contributed by atoms with E-state index in [1.807, 2.05) is 6.07 Å². The fourth-order valence-electron chi connectivity index (χ4n) is 4.99. The number of hydrogen-bond donors (Lipinski definition) is 1. The van der Waals surface area contributed by atoms with Crippen LogP contribution in [0.3, 0.4) is 0 Å². The quantitative estimate of drug-likeness (QED) is 0.388. The average molecular weight is 503 g/mol. The van der Waals surface area contributed by atoms with Crippen molar-refractivity contribution in [2.75, 3.05) is 0 Å². The molecule has 0 aliphatic heterocycles. The molecule has 2 atom stereocenters. The minimum atomic E-state index is -0.319. The molecule has 0 spiro atoms. The molecule has 1 heterocycles. The number of aliphatic hydroxyl groups excluding tert-OH is 1. The molecule has 0 amide bonds. The molecule has 1 saturated carbocycles.